The quantitative estimate of drug-likeness (QED) is 0.851. The van der Waals surface area contributed by atoms with Crippen molar-refractivity contribution in [2.75, 3.05) is 7.11 Å². The van der Waals surface area contributed by atoms with Crippen molar-refractivity contribution in [2.24, 2.45) is 5.73 Å². The van der Waals surface area contributed by atoms with Crippen LogP contribution in [0.3, 0.4) is 0 Å². The van der Waals surface area contributed by atoms with E-state index in [9.17, 15) is 4.79 Å². The van der Waals surface area contributed by atoms with Crippen LogP contribution in [0, 0.1) is 0 Å². The van der Waals surface area contributed by atoms with Gasteiger partial charge in [0.2, 0.25) is 0 Å². The van der Waals surface area contributed by atoms with E-state index in [0.717, 1.165) is 21.2 Å². The molecule has 0 fully saturated rings. The molecule has 17 heavy (non-hydrogen) atoms. The minimum Gasteiger partial charge on any atom is -0.469 e. The number of hydrogen-bond donors (Lipinski definition) is 1. The molecule has 0 radical (unpaired) electrons. The van der Waals surface area contributed by atoms with Gasteiger partial charge in [0.05, 0.1) is 19.6 Å². The van der Waals surface area contributed by atoms with Gasteiger partial charge in [-0.3, -0.25) is 4.79 Å². The summed E-state index contributed by atoms with van der Waals surface area (Å²) in [7, 11) is 1.39. The van der Waals surface area contributed by atoms with E-state index in [0.29, 0.717) is 6.61 Å². The maximum absolute atomic E-state index is 11.6. The average molecular weight is 300 g/mol. The Kier molecular flexibility index (Phi) is 3.51. The summed E-state index contributed by atoms with van der Waals surface area (Å²) in [6.07, 6.45) is -0.427. The fourth-order valence-electron chi connectivity index (χ4n) is 2.09. The summed E-state index contributed by atoms with van der Waals surface area (Å²) in [4.78, 5) is 11.6. The second kappa shape index (κ2) is 4.76. The second-order valence-electron chi connectivity index (χ2n) is 4.01. The monoisotopic (exact) mass is 299 g/mol. The van der Waals surface area contributed by atoms with E-state index in [1.165, 1.54) is 7.11 Å². The normalized spacial score (nSPS) is 19.9. The first-order valence-corrected chi connectivity index (χ1v) is 6.11. The number of fused-ring (bicyclic) bond motifs is 1. The molecule has 0 bridgehead atoms. The van der Waals surface area contributed by atoms with Crippen LogP contribution in [-0.4, -0.2) is 13.1 Å². The highest BCUT2D eigenvalue weighted by molar-refractivity contribution is 9.10. The second-order valence-corrected chi connectivity index (χ2v) is 4.86. The van der Waals surface area contributed by atoms with Gasteiger partial charge in [-0.15, -0.1) is 0 Å². The lowest BCUT2D eigenvalue weighted by atomic mass is 9.93. The number of ether oxygens (including phenoxy) is 2. The van der Waals surface area contributed by atoms with E-state index in [2.05, 4.69) is 15.9 Å². The molecule has 0 saturated heterocycles. The Morgan fingerprint density at radius 2 is 2.35 bits per heavy atom. The standard InChI is InChI=1S/C12H14BrNO3/c1-6(12(15)16-2)7-3-4-9(13)10-8(7)5-17-11(10)14/h3-4,6,11H,5,14H2,1-2H3/t6-,11-/m0/s1. The van der Waals surface area contributed by atoms with Crippen molar-refractivity contribution in [1.29, 1.82) is 0 Å². The molecule has 5 heteroatoms. The first-order valence-electron chi connectivity index (χ1n) is 5.32. The summed E-state index contributed by atoms with van der Waals surface area (Å²) >= 11 is 3.45. The zero-order valence-corrected chi connectivity index (χ0v) is 11.3. The van der Waals surface area contributed by atoms with Crippen molar-refractivity contribution in [2.45, 2.75) is 25.7 Å². The Morgan fingerprint density at radius 3 is 3.00 bits per heavy atom. The van der Waals surface area contributed by atoms with Gasteiger partial charge in [0.25, 0.3) is 0 Å². The number of carbonyl (C=O) groups excluding carboxylic acids is 1. The molecule has 0 aliphatic carbocycles. The van der Waals surface area contributed by atoms with Gasteiger partial charge in [-0.25, -0.2) is 0 Å². The molecular weight excluding hydrogens is 286 g/mol. The van der Waals surface area contributed by atoms with Crippen LogP contribution in [0.5, 0.6) is 0 Å². The number of halogens is 1. The van der Waals surface area contributed by atoms with E-state index < -0.39 is 6.23 Å². The van der Waals surface area contributed by atoms with Gasteiger partial charge in [0.15, 0.2) is 0 Å². The molecule has 2 atom stereocenters. The fourth-order valence-corrected chi connectivity index (χ4v) is 2.68. The van der Waals surface area contributed by atoms with Crippen LogP contribution in [0.4, 0.5) is 0 Å². The van der Waals surface area contributed by atoms with E-state index in [1.54, 1.807) is 0 Å². The Morgan fingerprint density at radius 1 is 1.65 bits per heavy atom. The molecule has 1 aliphatic rings. The molecule has 0 saturated carbocycles. The van der Waals surface area contributed by atoms with Gasteiger partial charge < -0.3 is 15.2 Å². The summed E-state index contributed by atoms with van der Waals surface area (Å²) in [6.45, 7) is 2.26. The molecule has 1 aliphatic heterocycles. The molecule has 0 unspecified atom stereocenters. The van der Waals surface area contributed by atoms with Crippen LogP contribution >= 0.6 is 15.9 Å². The minimum atomic E-state index is -0.427. The predicted octanol–water partition coefficient (Wildman–Crippen LogP) is 2.21. The number of rotatable bonds is 2. The molecule has 92 valence electrons. The molecule has 4 nitrogen and oxygen atoms in total. The Bertz CT molecular complexity index is 461. The van der Waals surface area contributed by atoms with E-state index in [1.807, 2.05) is 19.1 Å². The number of esters is 1. The third-order valence-electron chi connectivity index (χ3n) is 3.05. The fraction of sp³-hybridized carbons (Fsp3) is 0.417. The van der Waals surface area contributed by atoms with Gasteiger partial charge in [0.1, 0.15) is 6.23 Å². The van der Waals surface area contributed by atoms with Gasteiger partial charge in [-0.2, -0.15) is 0 Å². The number of hydrogen-bond acceptors (Lipinski definition) is 4. The van der Waals surface area contributed by atoms with Crippen LogP contribution in [-0.2, 0) is 20.9 Å². The molecule has 2 N–H and O–H groups in total. The first-order chi connectivity index (χ1) is 8.06. The zero-order chi connectivity index (χ0) is 12.6. The molecular formula is C12H14BrNO3. The maximum atomic E-state index is 11.6. The lowest BCUT2D eigenvalue weighted by molar-refractivity contribution is -0.142. The van der Waals surface area contributed by atoms with Crippen LogP contribution in [0.2, 0.25) is 0 Å². The van der Waals surface area contributed by atoms with Crippen molar-refractivity contribution in [1.82, 2.24) is 0 Å². The summed E-state index contributed by atoms with van der Waals surface area (Å²) in [5.41, 5.74) is 8.70. The SMILES string of the molecule is COC(=O)[C@@H](C)c1ccc(Br)c2c1CO[C@@H]2N. The lowest BCUT2D eigenvalue weighted by Gasteiger charge is -2.14. The Balaban J connectivity index is 2.47. The molecule has 0 aromatic heterocycles. The van der Waals surface area contributed by atoms with E-state index in [-0.39, 0.29) is 11.9 Å². The number of nitrogens with two attached hydrogens (primary N) is 1. The highest BCUT2D eigenvalue weighted by atomic mass is 79.9. The number of carbonyl (C=O) groups is 1. The van der Waals surface area contributed by atoms with Crippen LogP contribution in [0.15, 0.2) is 16.6 Å². The van der Waals surface area contributed by atoms with Crippen molar-refractivity contribution < 1.29 is 14.3 Å². The molecule has 1 aromatic carbocycles. The van der Waals surface area contributed by atoms with Gasteiger partial charge in [-0.05, 0) is 24.1 Å². The van der Waals surface area contributed by atoms with Gasteiger partial charge in [-0.1, -0.05) is 22.0 Å². The minimum absolute atomic E-state index is 0.255. The van der Waals surface area contributed by atoms with Crippen LogP contribution in [0.25, 0.3) is 0 Å². The third-order valence-corrected chi connectivity index (χ3v) is 3.74. The summed E-state index contributed by atoms with van der Waals surface area (Å²) < 4.78 is 11.1. The third kappa shape index (κ3) is 2.10. The average Bonchev–Trinajstić information content (AvgIpc) is 2.71. The molecule has 1 heterocycles. The largest absolute Gasteiger partial charge is 0.469 e. The van der Waals surface area contributed by atoms with Crippen molar-refractivity contribution >= 4 is 21.9 Å². The topological polar surface area (TPSA) is 61.5 Å². The van der Waals surface area contributed by atoms with Crippen LogP contribution < -0.4 is 5.73 Å². The van der Waals surface area contributed by atoms with Crippen molar-refractivity contribution in [3.05, 3.63) is 33.3 Å². The highest BCUT2D eigenvalue weighted by Crippen LogP contribution is 2.38. The first kappa shape index (κ1) is 12.5. The summed E-state index contributed by atoms with van der Waals surface area (Å²) in [5.74, 6) is -0.564. The van der Waals surface area contributed by atoms with Gasteiger partial charge >= 0.3 is 5.97 Å². The van der Waals surface area contributed by atoms with Crippen LogP contribution in [0.1, 0.15) is 35.8 Å². The molecule has 0 spiro atoms. The summed E-state index contributed by atoms with van der Waals surface area (Å²) in [5, 5.41) is 0. The van der Waals surface area contributed by atoms with Crippen molar-refractivity contribution in [3.8, 4) is 0 Å². The molecule has 1 aromatic rings. The van der Waals surface area contributed by atoms with Gasteiger partial charge in [0, 0.05) is 10.0 Å². The predicted molar refractivity (Wildman–Crippen MR) is 66.3 cm³/mol. The van der Waals surface area contributed by atoms with E-state index in [4.69, 9.17) is 15.2 Å². The van der Waals surface area contributed by atoms with E-state index >= 15 is 0 Å². The summed E-state index contributed by atoms with van der Waals surface area (Å²) in [6, 6.07) is 3.80. The number of benzene rings is 1. The smallest absolute Gasteiger partial charge is 0.312 e. The maximum Gasteiger partial charge on any atom is 0.312 e. The molecule has 2 rings (SSSR count). The number of methoxy groups -OCH3 is 1. The zero-order valence-electron chi connectivity index (χ0n) is 9.70. The molecule has 0 amide bonds. The Labute approximate surface area is 108 Å². The Hall–Kier alpha value is -0.910. The van der Waals surface area contributed by atoms with Crippen molar-refractivity contribution in [3.63, 3.8) is 0 Å². The lowest BCUT2D eigenvalue weighted by Crippen LogP contribution is -2.13. The highest BCUT2D eigenvalue weighted by Gasteiger charge is 2.29.